The standard InChI is InChI=1S/C16H28N6/c17-14-7-15(22-9-13-8-18-19-16(13)12-22)11-21(10-14)6-5-20-3-1-2-4-20/h8,14-15H,1-7,9-12,17H2,(H,18,19)/t14-,15+/m0/s1. The molecule has 2 fully saturated rings. The van der Waals surface area contributed by atoms with E-state index in [-0.39, 0.29) is 0 Å². The second-order valence-electron chi connectivity index (χ2n) is 7.24. The number of fused-ring (bicyclic) bond motifs is 1. The van der Waals surface area contributed by atoms with Crippen molar-refractivity contribution in [3.63, 3.8) is 0 Å². The van der Waals surface area contributed by atoms with Crippen LogP contribution in [0.25, 0.3) is 0 Å². The highest BCUT2D eigenvalue weighted by Gasteiger charge is 2.33. The second-order valence-corrected chi connectivity index (χ2v) is 7.24. The summed E-state index contributed by atoms with van der Waals surface area (Å²) in [5.74, 6) is 0. The molecule has 2 atom stereocenters. The predicted octanol–water partition coefficient (Wildman–Crippen LogP) is 0.223. The molecule has 0 unspecified atom stereocenters. The van der Waals surface area contributed by atoms with Gasteiger partial charge in [0.05, 0.1) is 11.9 Å². The summed E-state index contributed by atoms with van der Waals surface area (Å²) < 4.78 is 0. The molecule has 0 bridgehead atoms. The maximum absolute atomic E-state index is 6.35. The summed E-state index contributed by atoms with van der Waals surface area (Å²) in [6.07, 6.45) is 5.85. The zero-order chi connectivity index (χ0) is 14.9. The van der Waals surface area contributed by atoms with Gasteiger partial charge in [0.15, 0.2) is 0 Å². The minimum absolute atomic E-state index is 0.314. The predicted molar refractivity (Wildman–Crippen MR) is 86.3 cm³/mol. The van der Waals surface area contributed by atoms with E-state index in [0.29, 0.717) is 12.1 Å². The van der Waals surface area contributed by atoms with Gasteiger partial charge >= 0.3 is 0 Å². The van der Waals surface area contributed by atoms with Crippen LogP contribution in [0.2, 0.25) is 0 Å². The molecule has 0 radical (unpaired) electrons. The van der Waals surface area contributed by atoms with Crippen molar-refractivity contribution < 1.29 is 0 Å². The van der Waals surface area contributed by atoms with Gasteiger partial charge in [0, 0.05) is 56.9 Å². The van der Waals surface area contributed by atoms with E-state index in [1.54, 1.807) is 0 Å². The Morgan fingerprint density at radius 1 is 1.14 bits per heavy atom. The highest BCUT2D eigenvalue weighted by molar-refractivity contribution is 5.21. The maximum atomic E-state index is 6.35. The SMILES string of the molecule is N[C@H]1C[C@@H](N2Cc3cn[nH]c3C2)CN(CCN2CCCC2)C1. The van der Waals surface area contributed by atoms with Crippen LogP contribution in [0.15, 0.2) is 6.20 Å². The number of nitrogens with one attached hydrogen (secondary N) is 1. The Bertz CT molecular complexity index is 474. The van der Waals surface area contributed by atoms with Gasteiger partial charge in [-0.3, -0.25) is 14.9 Å². The fourth-order valence-corrected chi connectivity index (χ4v) is 4.29. The first kappa shape index (κ1) is 14.6. The van der Waals surface area contributed by atoms with E-state index in [4.69, 9.17) is 5.73 Å². The van der Waals surface area contributed by atoms with Gasteiger partial charge in [-0.15, -0.1) is 0 Å². The molecular weight excluding hydrogens is 276 g/mol. The fraction of sp³-hybridized carbons (Fsp3) is 0.812. The number of likely N-dealkylation sites (tertiary alicyclic amines) is 2. The molecule has 3 aliphatic heterocycles. The van der Waals surface area contributed by atoms with Gasteiger partial charge in [0.1, 0.15) is 0 Å². The number of nitrogens with two attached hydrogens (primary N) is 1. The Labute approximate surface area is 132 Å². The first-order valence-electron chi connectivity index (χ1n) is 8.73. The minimum Gasteiger partial charge on any atom is -0.326 e. The monoisotopic (exact) mass is 304 g/mol. The van der Waals surface area contributed by atoms with Crippen molar-refractivity contribution in [1.29, 1.82) is 0 Å². The summed E-state index contributed by atoms with van der Waals surface area (Å²) in [6, 6.07) is 0.900. The number of hydrogen-bond acceptors (Lipinski definition) is 5. The summed E-state index contributed by atoms with van der Waals surface area (Å²) >= 11 is 0. The lowest BCUT2D eigenvalue weighted by atomic mass is 10.00. The molecule has 0 aromatic carbocycles. The summed E-state index contributed by atoms with van der Waals surface area (Å²) in [5, 5.41) is 7.26. The number of hydrogen-bond donors (Lipinski definition) is 2. The molecule has 1 aromatic heterocycles. The Kier molecular flexibility index (Phi) is 4.17. The van der Waals surface area contributed by atoms with Crippen molar-refractivity contribution in [2.75, 3.05) is 39.3 Å². The third-order valence-corrected chi connectivity index (χ3v) is 5.53. The number of piperidine rings is 1. The molecule has 6 nitrogen and oxygen atoms in total. The lowest BCUT2D eigenvalue weighted by Crippen LogP contribution is -2.55. The topological polar surface area (TPSA) is 64.4 Å². The van der Waals surface area contributed by atoms with Crippen LogP contribution in [0.4, 0.5) is 0 Å². The number of aromatic nitrogens is 2. The summed E-state index contributed by atoms with van der Waals surface area (Å²) in [4.78, 5) is 7.76. The maximum Gasteiger partial charge on any atom is 0.0537 e. The van der Waals surface area contributed by atoms with Gasteiger partial charge in [0.25, 0.3) is 0 Å². The lowest BCUT2D eigenvalue weighted by molar-refractivity contribution is 0.0787. The van der Waals surface area contributed by atoms with Gasteiger partial charge in [-0.05, 0) is 32.4 Å². The van der Waals surface area contributed by atoms with Crippen molar-refractivity contribution in [2.24, 2.45) is 5.73 Å². The average molecular weight is 304 g/mol. The van der Waals surface area contributed by atoms with Gasteiger partial charge in [-0.1, -0.05) is 0 Å². The van der Waals surface area contributed by atoms with Crippen LogP contribution < -0.4 is 5.73 Å². The number of nitrogens with zero attached hydrogens (tertiary/aromatic N) is 4. The lowest BCUT2D eigenvalue weighted by Gasteiger charge is -2.40. The Morgan fingerprint density at radius 2 is 1.95 bits per heavy atom. The minimum atomic E-state index is 0.314. The van der Waals surface area contributed by atoms with Crippen molar-refractivity contribution in [2.45, 2.75) is 44.4 Å². The van der Waals surface area contributed by atoms with Crippen LogP contribution in [0, 0.1) is 0 Å². The first-order chi connectivity index (χ1) is 10.8. The summed E-state index contributed by atoms with van der Waals surface area (Å²) in [7, 11) is 0. The Balaban J connectivity index is 1.32. The summed E-state index contributed by atoms with van der Waals surface area (Å²) in [5.41, 5.74) is 9.00. The van der Waals surface area contributed by atoms with Crippen molar-refractivity contribution in [1.82, 2.24) is 24.9 Å². The van der Waals surface area contributed by atoms with Gasteiger partial charge in [-0.25, -0.2) is 0 Å². The molecule has 2 saturated heterocycles. The highest BCUT2D eigenvalue weighted by atomic mass is 15.3. The van der Waals surface area contributed by atoms with E-state index >= 15 is 0 Å². The Morgan fingerprint density at radius 3 is 2.77 bits per heavy atom. The number of aromatic amines is 1. The molecule has 0 aliphatic carbocycles. The number of rotatable bonds is 4. The molecule has 4 heterocycles. The Hall–Kier alpha value is -0.950. The molecule has 0 amide bonds. The molecule has 4 rings (SSSR count). The number of H-pyrrole nitrogens is 1. The molecule has 3 aliphatic rings. The van der Waals surface area contributed by atoms with E-state index in [0.717, 1.165) is 26.1 Å². The van der Waals surface area contributed by atoms with Crippen LogP contribution in [0.1, 0.15) is 30.5 Å². The molecule has 0 spiro atoms. The molecule has 22 heavy (non-hydrogen) atoms. The quantitative estimate of drug-likeness (QED) is 0.833. The third kappa shape index (κ3) is 3.06. The normalized spacial score (nSPS) is 31.0. The zero-order valence-corrected chi connectivity index (χ0v) is 13.4. The molecular formula is C16H28N6. The van der Waals surface area contributed by atoms with E-state index < -0.39 is 0 Å². The van der Waals surface area contributed by atoms with E-state index in [1.807, 2.05) is 6.20 Å². The second kappa shape index (κ2) is 6.28. The highest BCUT2D eigenvalue weighted by Crippen LogP contribution is 2.26. The molecule has 3 N–H and O–H groups in total. The summed E-state index contributed by atoms with van der Waals surface area (Å²) in [6.45, 7) is 9.22. The fourth-order valence-electron chi connectivity index (χ4n) is 4.29. The van der Waals surface area contributed by atoms with Gasteiger partial charge in [-0.2, -0.15) is 5.10 Å². The van der Waals surface area contributed by atoms with Crippen LogP contribution in [-0.2, 0) is 13.1 Å². The van der Waals surface area contributed by atoms with Crippen molar-refractivity contribution in [3.05, 3.63) is 17.5 Å². The third-order valence-electron chi connectivity index (χ3n) is 5.53. The van der Waals surface area contributed by atoms with Gasteiger partial charge < -0.3 is 10.6 Å². The zero-order valence-electron chi connectivity index (χ0n) is 13.4. The van der Waals surface area contributed by atoms with E-state index in [2.05, 4.69) is 24.9 Å². The van der Waals surface area contributed by atoms with Crippen LogP contribution in [0.3, 0.4) is 0 Å². The smallest absolute Gasteiger partial charge is 0.0537 e. The molecule has 6 heteroatoms. The average Bonchev–Trinajstić information content (AvgIpc) is 3.21. The van der Waals surface area contributed by atoms with Crippen LogP contribution in [0.5, 0.6) is 0 Å². The molecule has 0 saturated carbocycles. The molecule has 122 valence electrons. The van der Waals surface area contributed by atoms with Crippen LogP contribution in [-0.4, -0.2) is 76.2 Å². The van der Waals surface area contributed by atoms with Crippen molar-refractivity contribution in [3.8, 4) is 0 Å². The van der Waals surface area contributed by atoms with E-state index in [1.165, 1.54) is 56.8 Å². The van der Waals surface area contributed by atoms with Gasteiger partial charge in [0.2, 0.25) is 0 Å². The van der Waals surface area contributed by atoms with E-state index in [9.17, 15) is 0 Å². The largest absolute Gasteiger partial charge is 0.326 e. The molecule has 1 aromatic rings. The first-order valence-corrected chi connectivity index (χ1v) is 8.73. The van der Waals surface area contributed by atoms with Crippen LogP contribution >= 0.6 is 0 Å². The van der Waals surface area contributed by atoms with Crippen molar-refractivity contribution >= 4 is 0 Å².